The van der Waals surface area contributed by atoms with Crippen molar-refractivity contribution in [1.29, 1.82) is 0 Å². The first-order chi connectivity index (χ1) is 16.7. The molecular formula is C35H65N. The molecular weight excluding hydrogens is 434 g/mol. The standard InChI is InChI=1S/C30H53N.C5H12/c1-20-18-24-13-9-10-17-29(24,7)26-19-21(2)30(8)23(15-16-25(30)27(20)26)14-11-12-22(3)31-28(4,5)6;1-4-5(2)3/h20-21,23-27,31H,3,9-19H2,1-2,4-8H3;5H,4H2,1-3H3/t20-,21+,23?,24?,25?,26?,27?,29?,30?;/m1./s1. The third kappa shape index (κ3) is 6.22. The van der Waals surface area contributed by atoms with Crippen LogP contribution in [0.2, 0.25) is 0 Å². The fraction of sp³-hybridized carbons (Fsp3) is 0.943. The molecule has 1 nitrogen and oxygen atoms in total. The highest BCUT2D eigenvalue weighted by molar-refractivity contribution is 5.12. The fourth-order valence-corrected chi connectivity index (χ4v) is 9.78. The van der Waals surface area contributed by atoms with Gasteiger partial charge in [0.25, 0.3) is 0 Å². The highest BCUT2D eigenvalue weighted by atomic mass is 15.0. The van der Waals surface area contributed by atoms with E-state index in [1.165, 1.54) is 76.3 Å². The number of fused-ring (bicyclic) bond motifs is 5. The largest absolute Gasteiger partial charge is 0.384 e. The third-order valence-corrected chi connectivity index (χ3v) is 12.1. The van der Waals surface area contributed by atoms with Crippen LogP contribution in [0.4, 0.5) is 0 Å². The summed E-state index contributed by atoms with van der Waals surface area (Å²) < 4.78 is 0. The molecule has 36 heavy (non-hydrogen) atoms. The second-order valence-corrected chi connectivity index (χ2v) is 15.9. The highest BCUT2D eigenvalue weighted by Gasteiger charge is 2.63. The van der Waals surface area contributed by atoms with Gasteiger partial charge in [0.05, 0.1) is 0 Å². The van der Waals surface area contributed by atoms with Crippen LogP contribution in [0.5, 0.6) is 0 Å². The molecule has 0 spiro atoms. The molecule has 210 valence electrons. The lowest BCUT2D eigenvalue weighted by Crippen LogP contribution is -2.57. The zero-order valence-electron chi connectivity index (χ0n) is 26.3. The predicted octanol–water partition coefficient (Wildman–Crippen LogP) is 10.7. The van der Waals surface area contributed by atoms with Crippen molar-refractivity contribution in [3.05, 3.63) is 12.3 Å². The average molecular weight is 500 g/mol. The first-order valence-corrected chi connectivity index (χ1v) is 16.2. The summed E-state index contributed by atoms with van der Waals surface area (Å²) in [5.74, 6) is 7.67. The minimum absolute atomic E-state index is 0.138. The van der Waals surface area contributed by atoms with Crippen LogP contribution in [0.25, 0.3) is 0 Å². The van der Waals surface area contributed by atoms with Crippen molar-refractivity contribution in [2.75, 3.05) is 0 Å². The Morgan fingerprint density at radius 1 is 1.00 bits per heavy atom. The minimum Gasteiger partial charge on any atom is -0.384 e. The maximum atomic E-state index is 4.32. The van der Waals surface area contributed by atoms with Gasteiger partial charge in [0.15, 0.2) is 0 Å². The van der Waals surface area contributed by atoms with Crippen LogP contribution >= 0.6 is 0 Å². The molecule has 7 unspecified atom stereocenters. The van der Waals surface area contributed by atoms with Crippen LogP contribution in [0.1, 0.15) is 146 Å². The second kappa shape index (κ2) is 11.7. The van der Waals surface area contributed by atoms with Crippen molar-refractivity contribution in [2.24, 2.45) is 58.2 Å². The van der Waals surface area contributed by atoms with E-state index >= 15 is 0 Å². The summed E-state index contributed by atoms with van der Waals surface area (Å²) in [5.41, 5.74) is 2.60. The van der Waals surface area contributed by atoms with Crippen LogP contribution < -0.4 is 5.32 Å². The Balaban J connectivity index is 0.000000658. The summed E-state index contributed by atoms with van der Waals surface area (Å²) in [7, 11) is 0. The van der Waals surface area contributed by atoms with Crippen LogP contribution in [0, 0.1) is 58.2 Å². The van der Waals surface area contributed by atoms with Gasteiger partial charge in [-0.1, -0.05) is 74.3 Å². The number of hydrogen-bond donors (Lipinski definition) is 1. The van der Waals surface area contributed by atoms with Crippen LogP contribution in [0.3, 0.4) is 0 Å². The molecule has 0 amide bonds. The first-order valence-electron chi connectivity index (χ1n) is 16.2. The molecule has 4 rings (SSSR count). The molecule has 4 aliphatic carbocycles. The lowest BCUT2D eigenvalue weighted by molar-refractivity contribution is -0.155. The smallest absolute Gasteiger partial charge is 0.0286 e. The Morgan fingerprint density at radius 2 is 1.67 bits per heavy atom. The van der Waals surface area contributed by atoms with E-state index in [0.717, 1.165) is 53.8 Å². The maximum absolute atomic E-state index is 4.32. The molecule has 4 saturated carbocycles. The van der Waals surface area contributed by atoms with E-state index < -0.39 is 0 Å². The zero-order chi connectivity index (χ0) is 26.9. The van der Waals surface area contributed by atoms with Gasteiger partial charge < -0.3 is 5.32 Å². The molecule has 1 N–H and O–H groups in total. The van der Waals surface area contributed by atoms with Crippen molar-refractivity contribution < 1.29 is 0 Å². The molecule has 0 radical (unpaired) electrons. The highest BCUT2D eigenvalue weighted by Crippen LogP contribution is 2.70. The molecule has 0 aromatic rings. The van der Waals surface area contributed by atoms with Crippen LogP contribution in [-0.2, 0) is 0 Å². The van der Waals surface area contributed by atoms with E-state index in [1.54, 1.807) is 0 Å². The van der Waals surface area contributed by atoms with E-state index in [-0.39, 0.29) is 5.54 Å². The summed E-state index contributed by atoms with van der Waals surface area (Å²) in [6, 6.07) is 0. The van der Waals surface area contributed by atoms with Gasteiger partial charge in [0, 0.05) is 11.2 Å². The molecule has 4 fully saturated rings. The molecule has 0 bridgehead atoms. The zero-order valence-corrected chi connectivity index (χ0v) is 26.3. The van der Waals surface area contributed by atoms with E-state index in [0.29, 0.717) is 10.8 Å². The lowest BCUT2D eigenvalue weighted by Gasteiger charge is -2.64. The SMILES string of the molecule is C=C(CCCC1CCC2C3C(C[C@H](C)C12C)C1(C)CCCCC1C[C@H]3C)NC(C)(C)C.CCC(C)C. The average Bonchev–Trinajstić information content (AvgIpc) is 3.11. The molecule has 9 atom stereocenters. The van der Waals surface area contributed by atoms with Gasteiger partial charge in [-0.2, -0.15) is 0 Å². The van der Waals surface area contributed by atoms with Gasteiger partial charge in [0.1, 0.15) is 0 Å². The topological polar surface area (TPSA) is 12.0 Å². The summed E-state index contributed by atoms with van der Waals surface area (Å²) in [6.45, 7) is 28.5. The second-order valence-electron chi connectivity index (χ2n) is 15.9. The molecule has 4 aliphatic rings. The van der Waals surface area contributed by atoms with Crippen molar-refractivity contribution in [3.63, 3.8) is 0 Å². The maximum Gasteiger partial charge on any atom is 0.0286 e. The third-order valence-electron chi connectivity index (χ3n) is 12.1. The molecule has 0 aromatic heterocycles. The fourth-order valence-electron chi connectivity index (χ4n) is 9.78. The monoisotopic (exact) mass is 500 g/mol. The summed E-state index contributed by atoms with van der Waals surface area (Å²) in [4.78, 5) is 0. The van der Waals surface area contributed by atoms with Crippen molar-refractivity contribution >= 4 is 0 Å². The minimum atomic E-state index is 0.138. The molecule has 0 aromatic carbocycles. The number of hydrogen-bond acceptors (Lipinski definition) is 1. The Labute approximate surface area is 227 Å². The Kier molecular flexibility index (Phi) is 9.81. The van der Waals surface area contributed by atoms with E-state index in [9.17, 15) is 0 Å². The molecule has 1 heteroatoms. The number of allylic oxidation sites excluding steroid dienone is 1. The van der Waals surface area contributed by atoms with Crippen molar-refractivity contribution in [3.8, 4) is 0 Å². The van der Waals surface area contributed by atoms with E-state index in [1.807, 2.05) is 0 Å². The molecule has 0 saturated heterocycles. The van der Waals surface area contributed by atoms with E-state index in [4.69, 9.17) is 0 Å². The Hall–Kier alpha value is -0.460. The summed E-state index contributed by atoms with van der Waals surface area (Å²) >= 11 is 0. The van der Waals surface area contributed by atoms with Gasteiger partial charge in [-0.15, -0.1) is 0 Å². The van der Waals surface area contributed by atoms with Crippen molar-refractivity contribution in [1.82, 2.24) is 5.32 Å². The van der Waals surface area contributed by atoms with Gasteiger partial charge in [-0.3, -0.25) is 0 Å². The van der Waals surface area contributed by atoms with Gasteiger partial charge in [0.2, 0.25) is 0 Å². The number of rotatable bonds is 6. The van der Waals surface area contributed by atoms with Gasteiger partial charge >= 0.3 is 0 Å². The molecule has 0 aliphatic heterocycles. The van der Waals surface area contributed by atoms with Crippen molar-refractivity contribution in [2.45, 2.75) is 152 Å². The Morgan fingerprint density at radius 3 is 2.28 bits per heavy atom. The van der Waals surface area contributed by atoms with Gasteiger partial charge in [-0.05, 0) is 137 Å². The Bertz CT molecular complexity index is 715. The van der Waals surface area contributed by atoms with Gasteiger partial charge in [-0.25, -0.2) is 0 Å². The van der Waals surface area contributed by atoms with E-state index in [2.05, 4.69) is 81.1 Å². The predicted molar refractivity (Wildman–Crippen MR) is 160 cm³/mol. The normalized spacial score (nSPS) is 42.0. The van der Waals surface area contributed by atoms with Crippen LogP contribution in [0.15, 0.2) is 12.3 Å². The summed E-state index contributed by atoms with van der Waals surface area (Å²) in [5, 5.41) is 3.60. The summed E-state index contributed by atoms with van der Waals surface area (Å²) in [6.07, 6.45) is 17.3. The van der Waals surface area contributed by atoms with Crippen LogP contribution in [-0.4, -0.2) is 5.54 Å². The lowest BCUT2D eigenvalue weighted by atomic mass is 9.41. The quantitative estimate of drug-likeness (QED) is 0.383. The first kappa shape index (κ1) is 30.1. The molecule has 0 heterocycles. The number of nitrogens with one attached hydrogen (secondary N) is 1.